The maximum Gasteiger partial charge on any atom is 0.0454 e. The molecule has 0 N–H and O–H groups in total. The van der Waals surface area contributed by atoms with E-state index in [1.807, 2.05) is 11.8 Å². The largest absolute Gasteiger partial charge is 0.160 e. The first-order chi connectivity index (χ1) is 4.84. The lowest BCUT2D eigenvalue weighted by atomic mass is 10.2. The van der Waals surface area contributed by atoms with Crippen LogP contribution < -0.4 is 0 Å². The summed E-state index contributed by atoms with van der Waals surface area (Å²) in [6.45, 7) is 0. The minimum atomic E-state index is 0.442. The number of thioether (sulfide) groups is 1. The molecular weight excluding hydrogens is 164 g/mol. The van der Waals surface area contributed by atoms with E-state index in [0.717, 1.165) is 5.25 Å². The Morgan fingerprint density at radius 2 is 1.90 bits per heavy atom. The third kappa shape index (κ3) is 2.35. The maximum absolute atomic E-state index is 6.17. The highest BCUT2D eigenvalue weighted by molar-refractivity contribution is 7.99. The van der Waals surface area contributed by atoms with Crippen molar-refractivity contribution in [1.82, 2.24) is 0 Å². The van der Waals surface area contributed by atoms with Crippen LogP contribution in [-0.4, -0.2) is 16.9 Å². The fraction of sp³-hybridized carbons (Fsp3) is 1.00. The Kier molecular flexibility index (Phi) is 3.93. The Hall–Kier alpha value is 0.640. The van der Waals surface area contributed by atoms with Crippen LogP contribution in [0.1, 0.15) is 32.1 Å². The van der Waals surface area contributed by atoms with Gasteiger partial charge in [-0.15, -0.1) is 11.6 Å². The van der Waals surface area contributed by atoms with Gasteiger partial charge in [0.15, 0.2) is 0 Å². The molecule has 0 aromatic heterocycles. The first-order valence-electron chi connectivity index (χ1n) is 4.01. The molecule has 0 saturated heterocycles. The van der Waals surface area contributed by atoms with Gasteiger partial charge in [0.25, 0.3) is 0 Å². The fourth-order valence-electron chi connectivity index (χ4n) is 1.49. The van der Waals surface area contributed by atoms with Gasteiger partial charge in [-0.25, -0.2) is 0 Å². The van der Waals surface area contributed by atoms with E-state index in [1.165, 1.54) is 32.1 Å². The third-order valence-electron chi connectivity index (χ3n) is 2.17. The molecule has 2 atom stereocenters. The quantitative estimate of drug-likeness (QED) is 0.439. The summed E-state index contributed by atoms with van der Waals surface area (Å²) in [4.78, 5) is 0. The van der Waals surface area contributed by atoms with Gasteiger partial charge in [0.05, 0.1) is 0 Å². The van der Waals surface area contributed by atoms with Crippen LogP contribution in [0.15, 0.2) is 0 Å². The molecule has 1 saturated carbocycles. The molecule has 0 heterocycles. The number of rotatable bonds is 1. The van der Waals surface area contributed by atoms with Crippen molar-refractivity contribution in [2.75, 3.05) is 6.26 Å². The molecule has 0 unspecified atom stereocenters. The van der Waals surface area contributed by atoms with Gasteiger partial charge >= 0.3 is 0 Å². The summed E-state index contributed by atoms with van der Waals surface area (Å²) in [5.41, 5.74) is 0. The van der Waals surface area contributed by atoms with E-state index >= 15 is 0 Å². The van der Waals surface area contributed by atoms with Gasteiger partial charge in [-0.05, 0) is 19.1 Å². The summed E-state index contributed by atoms with van der Waals surface area (Å²) in [5, 5.41) is 1.17. The Balaban J connectivity index is 2.35. The predicted molar refractivity (Wildman–Crippen MR) is 50.0 cm³/mol. The molecular formula is C8H15ClS. The molecule has 1 aliphatic rings. The minimum absolute atomic E-state index is 0.442. The maximum atomic E-state index is 6.17. The third-order valence-corrected chi connectivity index (χ3v) is 4.02. The first kappa shape index (κ1) is 8.73. The van der Waals surface area contributed by atoms with Crippen LogP contribution in [-0.2, 0) is 0 Å². The van der Waals surface area contributed by atoms with Crippen LogP contribution in [0.25, 0.3) is 0 Å². The highest BCUT2D eigenvalue weighted by atomic mass is 35.5. The summed E-state index contributed by atoms with van der Waals surface area (Å²) in [6, 6.07) is 0. The van der Waals surface area contributed by atoms with Gasteiger partial charge in [0.1, 0.15) is 0 Å². The summed E-state index contributed by atoms with van der Waals surface area (Å²) in [5.74, 6) is 0. The molecule has 0 spiro atoms. The van der Waals surface area contributed by atoms with E-state index in [2.05, 4.69) is 6.26 Å². The van der Waals surface area contributed by atoms with E-state index in [4.69, 9.17) is 11.6 Å². The zero-order valence-corrected chi connectivity index (χ0v) is 8.05. The monoisotopic (exact) mass is 178 g/mol. The summed E-state index contributed by atoms with van der Waals surface area (Å²) in [7, 11) is 0. The Morgan fingerprint density at radius 3 is 2.60 bits per heavy atom. The van der Waals surface area contributed by atoms with Crippen molar-refractivity contribution in [2.24, 2.45) is 0 Å². The van der Waals surface area contributed by atoms with Crippen LogP contribution in [0.4, 0.5) is 0 Å². The molecule has 10 heavy (non-hydrogen) atoms. The van der Waals surface area contributed by atoms with Crippen molar-refractivity contribution in [1.29, 1.82) is 0 Å². The molecule has 0 nitrogen and oxygen atoms in total. The Bertz CT molecular complexity index is 95.3. The summed E-state index contributed by atoms with van der Waals surface area (Å²) in [6.07, 6.45) is 8.84. The Morgan fingerprint density at radius 1 is 1.20 bits per heavy atom. The highest BCUT2D eigenvalue weighted by Gasteiger charge is 2.19. The van der Waals surface area contributed by atoms with Crippen LogP contribution >= 0.6 is 23.4 Å². The molecule has 1 aliphatic carbocycles. The van der Waals surface area contributed by atoms with Crippen molar-refractivity contribution < 1.29 is 0 Å². The molecule has 0 aliphatic heterocycles. The molecule has 1 fully saturated rings. The van der Waals surface area contributed by atoms with E-state index in [1.54, 1.807) is 0 Å². The van der Waals surface area contributed by atoms with Crippen molar-refractivity contribution in [3.63, 3.8) is 0 Å². The second-order valence-corrected chi connectivity index (χ2v) is 4.57. The molecule has 0 aromatic carbocycles. The number of hydrogen-bond acceptors (Lipinski definition) is 1. The molecule has 1 rings (SSSR count). The van der Waals surface area contributed by atoms with Crippen LogP contribution in [0, 0.1) is 0 Å². The second-order valence-electron chi connectivity index (χ2n) is 2.93. The Labute approximate surface area is 72.7 Å². The first-order valence-corrected chi connectivity index (χ1v) is 5.74. The highest BCUT2D eigenvalue weighted by Crippen LogP contribution is 2.29. The summed E-state index contributed by atoms with van der Waals surface area (Å²) >= 11 is 8.10. The molecule has 0 amide bonds. The van der Waals surface area contributed by atoms with Crippen LogP contribution in [0.3, 0.4) is 0 Å². The molecule has 2 heteroatoms. The van der Waals surface area contributed by atoms with Crippen molar-refractivity contribution in [3.8, 4) is 0 Å². The SMILES string of the molecule is CS[C@@H]1CCCCC[C@H]1Cl. The zero-order valence-electron chi connectivity index (χ0n) is 6.48. The van der Waals surface area contributed by atoms with Crippen molar-refractivity contribution in [2.45, 2.75) is 42.7 Å². The normalized spacial score (nSPS) is 35.4. The van der Waals surface area contributed by atoms with E-state index in [0.29, 0.717) is 5.38 Å². The number of hydrogen-bond donors (Lipinski definition) is 0. The predicted octanol–water partition coefficient (Wildman–Crippen LogP) is 3.29. The molecule has 0 radical (unpaired) electrons. The zero-order chi connectivity index (χ0) is 7.40. The lowest BCUT2D eigenvalue weighted by Gasteiger charge is -2.15. The van der Waals surface area contributed by atoms with Gasteiger partial charge in [-0.3, -0.25) is 0 Å². The smallest absolute Gasteiger partial charge is 0.0454 e. The van der Waals surface area contributed by atoms with Crippen molar-refractivity contribution in [3.05, 3.63) is 0 Å². The molecule has 60 valence electrons. The van der Waals surface area contributed by atoms with Gasteiger partial charge in [0.2, 0.25) is 0 Å². The standard InChI is InChI=1S/C8H15ClS/c1-10-8-6-4-2-3-5-7(8)9/h7-8H,2-6H2,1H3/t7-,8-/m1/s1. The van der Waals surface area contributed by atoms with E-state index < -0.39 is 0 Å². The van der Waals surface area contributed by atoms with Gasteiger partial charge in [0, 0.05) is 10.6 Å². The number of halogens is 1. The molecule has 0 aromatic rings. The van der Waals surface area contributed by atoms with Crippen molar-refractivity contribution >= 4 is 23.4 Å². The second kappa shape index (κ2) is 4.50. The average molecular weight is 179 g/mol. The number of alkyl halides is 1. The minimum Gasteiger partial charge on any atom is -0.160 e. The van der Waals surface area contributed by atoms with E-state index in [9.17, 15) is 0 Å². The van der Waals surface area contributed by atoms with Crippen LogP contribution in [0.5, 0.6) is 0 Å². The topological polar surface area (TPSA) is 0 Å². The van der Waals surface area contributed by atoms with E-state index in [-0.39, 0.29) is 0 Å². The van der Waals surface area contributed by atoms with Gasteiger partial charge in [-0.2, -0.15) is 11.8 Å². The van der Waals surface area contributed by atoms with Gasteiger partial charge in [-0.1, -0.05) is 19.3 Å². The lowest BCUT2D eigenvalue weighted by molar-refractivity contribution is 0.703. The fourth-order valence-corrected chi connectivity index (χ4v) is 2.92. The van der Waals surface area contributed by atoms with Crippen LogP contribution in [0.2, 0.25) is 0 Å². The summed E-state index contributed by atoms with van der Waals surface area (Å²) < 4.78 is 0. The lowest BCUT2D eigenvalue weighted by Crippen LogP contribution is -2.14. The average Bonchev–Trinajstić information content (AvgIpc) is 2.13. The van der Waals surface area contributed by atoms with Gasteiger partial charge < -0.3 is 0 Å². The molecule has 0 bridgehead atoms.